The van der Waals surface area contributed by atoms with Crippen LogP contribution < -0.4 is 0 Å². The summed E-state index contributed by atoms with van der Waals surface area (Å²) in [6.07, 6.45) is 1.03. The molecule has 4 heteroatoms. The van der Waals surface area contributed by atoms with Gasteiger partial charge in [0.25, 0.3) is 0 Å². The van der Waals surface area contributed by atoms with E-state index >= 15 is 0 Å². The second kappa shape index (κ2) is 4.89. The molecule has 1 aromatic carbocycles. The van der Waals surface area contributed by atoms with Crippen molar-refractivity contribution in [3.63, 3.8) is 0 Å². The molecule has 0 spiro atoms. The molecule has 0 saturated carbocycles. The van der Waals surface area contributed by atoms with Gasteiger partial charge < -0.3 is 5.11 Å². The summed E-state index contributed by atoms with van der Waals surface area (Å²) in [6.45, 7) is 3.43. The highest BCUT2D eigenvalue weighted by atomic mass is 32.2. The van der Waals surface area contributed by atoms with Crippen molar-refractivity contribution in [3.8, 4) is 0 Å². The molecule has 16 heavy (non-hydrogen) atoms. The van der Waals surface area contributed by atoms with Crippen LogP contribution in [0.5, 0.6) is 0 Å². The first-order valence-electron chi connectivity index (χ1n) is 5.43. The van der Waals surface area contributed by atoms with Gasteiger partial charge in [0.2, 0.25) is 0 Å². The lowest BCUT2D eigenvalue weighted by atomic mass is 10.0. The Bertz CT molecular complexity index is 388. The van der Waals surface area contributed by atoms with Gasteiger partial charge in [-0.25, -0.2) is 4.31 Å². The third kappa shape index (κ3) is 2.57. The average molecular weight is 237 g/mol. The minimum atomic E-state index is -0.681. The number of carboxylic acids is 1. The summed E-state index contributed by atoms with van der Waals surface area (Å²) in [5.41, 5.74) is 1.32. The van der Waals surface area contributed by atoms with Crippen molar-refractivity contribution >= 4 is 17.9 Å². The molecule has 1 saturated heterocycles. The van der Waals surface area contributed by atoms with Crippen LogP contribution in [0.1, 0.15) is 12.5 Å². The second-order valence-corrected chi connectivity index (χ2v) is 5.14. The van der Waals surface area contributed by atoms with E-state index in [1.807, 2.05) is 0 Å². The van der Waals surface area contributed by atoms with E-state index in [1.165, 1.54) is 10.5 Å². The van der Waals surface area contributed by atoms with E-state index < -0.39 is 5.97 Å². The van der Waals surface area contributed by atoms with Gasteiger partial charge in [0.05, 0.1) is 5.92 Å². The highest BCUT2D eigenvalue weighted by Crippen LogP contribution is 2.30. The standard InChI is InChI=1S/C12H15NO2S/c1-2-9-4-3-5-11(6-9)16-13-7-10(8-13)12(14)15/h3-6,10H,2,7-8H2,1H3,(H,14,15). The number of rotatable bonds is 4. The molecule has 1 aliphatic rings. The fraction of sp³-hybridized carbons (Fsp3) is 0.417. The molecule has 3 nitrogen and oxygen atoms in total. The van der Waals surface area contributed by atoms with Crippen LogP contribution in [0.4, 0.5) is 0 Å². The highest BCUT2D eigenvalue weighted by molar-refractivity contribution is 7.97. The van der Waals surface area contributed by atoms with Crippen molar-refractivity contribution < 1.29 is 9.90 Å². The van der Waals surface area contributed by atoms with E-state index in [1.54, 1.807) is 11.9 Å². The van der Waals surface area contributed by atoms with E-state index in [0.717, 1.165) is 6.42 Å². The summed E-state index contributed by atoms with van der Waals surface area (Å²) in [4.78, 5) is 11.8. The lowest BCUT2D eigenvalue weighted by molar-refractivity contribution is -0.145. The highest BCUT2D eigenvalue weighted by Gasteiger charge is 2.32. The van der Waals surface area contributed by atoms with Crippen molar-refractivity contribution in [1.29, 1.82) is 0 Å². The van der Waals surface area contributed by atoms with Crippen LogP contribution in [0.2, 0.25) is 0 Å². The Balaban J connectivity index is 1.89. The molecular weight excluding hydrogens is 222 g/mol. The minimum Gasteiger partial charge on any atom is -0.481 e. The summed E-state index contributed by atoms with van der Waals surface area (Å²) in [6, 6.07) is 8.40. The van der Waals surface area contributed by atoms with E-state index in [9.17, 15) is 4.79 Å². The topological polar surface area (TPSA) is 40.5 Å². The molecule has 0 aliphatic carbocycles. The van der Waals surface area contributed by atoms with Crippen LogP contribution in [0.3, 0.4) is 0 Å². The third-order valence-corrected chi connectivity index (χ3v) is 3.76. The monoisotopic (exact) mass is 237 g/mol. The molecule has 0 amide bonds. The SMILES string of the molecule is CCc1cccc(SN2CC(C(=O)O)C2)c1. The molecule has 0 aromatic heterocycles. The van der Waals surface area contributed by atoms with E-state index in [0.29, 0.717) is 13.1 Å². The van der Waals surface area contributed by atoms with Gasteiger partial charge in [0.1, 0.15) is 0 Å². The summed E-state index contributed by atoms with van der Waals surface area (Å²) >= 11 is 1.65. The Morgan fingerprint density at radius 2 is 2.31 bits per heavy atom. The lowest BCUT2D eigenvalue weighted by Gasteiger charge is -2.35. The van der Waals surface area contributed by atoms with E-state index in [4.69, 9.17) is 5.11 Å². The van der Waals surface area contributed by atoms with Gasteiger partial charge in [0, 0.05) is 18.0 Å². The van der Waals surface area contributed by atoms with Crippen LogP contribution in [-0.2, 0) is 11.2 Å². The Morgan fingerprint density at radius 3 is 2.94 bits per heavy atom. The van der Waals surface area contributed by atoms with Crippen molar-refractivity contribution in [3.05, 3.63) is 29.8 Å². The molecule has 1 aromatic rings. The fourth-order valence-electron chi connectivity index (χ4n) is 1.64. The smallest absolute Gasteiger partial charge is 0.309 e. The number of aryl methyl sites for hydroxylation is 1. The predicted octanol–water partition coefficient (Wildman–Crippen LogP) is 2.27. The maximum atomic E-state index is 10.6. The van der Waals surface area contributed by atoms with Gasteiger partial charge in [-0.15, -0.1) is 0 Å². The van der Waals surface area contributed by atoms with Crippen molar-refractivity contribution in [2.45, 2.75) is 18.2 Å². The van der Waals surface area contributed by atoms with Gasteiger partial charge in [-0.1, -0.05) is 19.1 Å². The summed E-state index contributed by atoms with van der Waals surface area (Å²) in [7, 11) is 0. The summed E-state index contributed by atoms with van der Waals surface area (Å²) < 4.78 is 2.09. The van der Waals surface area contributed by atoms with Crippen LogP contribution in [0.25, 0.3) is 0 Å². The Morgan fingerprint density at radius 1 is 1.56 bits per heavy atom. The second-order valence-electron chi connectivity index (χ2n) is 3.97. The predicted molar refractivity (Wildman–Crippen MR) is 64.4 cm³/mol. The lowest BCUT2D eigenvalue weighted by Crippen LogP contribution is -2.46. The molecule has 2 rings (SSSR count). The van der Waals surface area contributed by atoms with Gasteiger partial charge in [-0.3, -0.25) is 4.79 Å². The largest absolute Gasteiger partial charge is 0.481 e. The maximum absolute atomic E-state index is 10.6. The molecular formula is C12H15NO2S. The molecule has 0 unspecified atom stereocenters. The van der Waals surface area contributed by atoms with Crippen LogP contribution in [0.15, 0.2) is 29.2 Å². The first-order chi connectivity index (χ1) is 7.69. The molecule has 86 valence electrons. The van der Waals surface area contributed by atoms with Crippen LogP contribution in [-0.4, -0.2) is 28.5 Å². The third-order valence-electron chi connectivity index (χ3n) is 2.74. The molecule has 0 radical (unpaired) electrons. The molecule has 1 aliphatic heterocycles. The maximum Gasteiger partial charge on any atom is 0.309 e. The number of nitrogens with zero attached hydrogens (tertiary/aromatic N) is 1. The molecule has 1 N–H and O–H groups in total. The zero-order valence-electron chi connectivity index (χ0n) is 9.22. The number of hydrogen-bond acceptors (Lipinski definition) is 3. The molecule has 0 bridgehead atoms. The van der Waals surface area contributed by atoms with Gasteiger partial charge >= 0.3 is 5.97 Å². The van der Waals surface area contributed by atoms with Gasteiger partial charge in [0.15, 0.2) is 0 Å². The average Bonchev–Trinajstić information content (AvgIpc) is 2.22. The van der Waals surface area contributed by atoms with Crippen molar-refractivity contribution in [2.24, 2.45) is 5.92 Å². The van der Waals surface area contributed by atoms with Gasteiger partial charge in [-0.2, -0.15) is 0 Å². The number of carbonyl (C=O) groups is 1. The molecule has 0 atom stereocenters. The molecule has 1 heterocycles. The molecule has 1 fully saturated rings. The number of carboxylic acid groups (broad SMARTS) is 1. The number of aliphatic carboxylic acids is 1. The zero-order chi connectivity index (χ0) is 11.5. The number of benzene rings is 1. The normalized spacial score (nSPS) is 17.1. The Labute approximate surface area is 99.6 Å². The Kier molecular flexibility index (Phi) is 3.51. The van der Waals surface area contributed by atoms with Crippen LogP contribution in [0, 0.1) is 5.92 Å². The van der Waals surface area contributed by atoms with Crippen molar-refractivity contribution in [2.75, 3.05) is 13.1 Å². The first-order valence-corrected chi connectivity index (χ1v) is 6.21. The summed E-state index contributed by atoms with van der Waals surface area (Å²) in [5, 5.41) is 8.76. The number of hydrogen-bond donors (Lipinski definition) is 1. The fourth-order valence-corrected chi connectivity index (χ4v) is 2.79. The van der Waals surface area contributed by atoms with E-state index in [2.05, 4.69) is 35.5 Å². The van der Waals surface area contributed by atoms with Gasteiger partial charge in [-0.05, 0) is 36.1 Å². The first kappa shape index (κ1) is 11.5. The zero-order valence-corrected chi connectivity index (χ0v) is 10.0. The quantitative estimate of drug-likeness (QED) is 0.816. The van der Waals surface area contributed by atoms with Crippen LogP contribution >= 0.6 is 11.9 Å². The summed E-state index contributed by atoms with van der Waals surface area (Å²) in [5.74, 6) is -0.860. The Hall–Kier alpha value is -1.00. The minimum absolute atomic E-state index is 0.179. The van der Waals surface area contributed by atoms with E-state index in [-0.39, 0.29) is 5.92 Å². The van der Waals surface area contributed by atoms with Crippen molar-refractivity contribution in [1.82, 2.24) is 4.31 Å².